The van der Waals surface area contributed by atoms with Crippen LogP contribution in [0.3, 0.4) is 0 Å². The summed E-state index contributed by atoms with van der Waals surface area (Å²) in [7, 11) is 0. The van der Waals surface area contributed by atoms with Crippen molar-refractivity contribution in [3.63, 3.8) is 0 Å². The summed E-state index contributed by atoms with van der Waals surface area (Å²) < 4.78 is 0.967. The Morgan fingerprint density at radius 1 is 1.20 bits per heavy atom. The van der Waals surface area contributed by atoms with Crippen molar-refractivity contribution in [3.05, 3.63) is 52.2 Å². The van der Waals surface area contributed by atoms with Crippen molar-refractivity contribution >= 4 is 27.3 Å². The molecule has 0 atom stereocenters. The fraction of sp³-hybridized carbons (Fsp3) is 0.0833. The molecule has 0 aromatic heterocycles. The highest BCUT2D eigenvalue weighted by Gasteiger charge is 2.15. The van der Waals surface area contributed by atoms with E-state index in [-0.39, 0.29) is 18.0 Å². The number of carbonyl (C=O) groups is 1. The van der Waals surface area contributed by atoms with Crippen LogP contribution in [-0.2, 0) is 4.79 Å². The number of carbonyl (C=O) groups excluding carboxylic acids is 1. The Morgan fingerprint density at radius 2 is 1.87 bits per heavy atom. The summed E-state index contributed by atoms with van der Waals surface area (Å²) in [5, 5.41) is 9.34. The third kappa shape index (κ3) is 2.18. The number of hydrogen-bond donors (Lipinski definition) is 1. The van der Waals surface area contributed by atoms with E-state index in [4.69, 9.17) is 0 Å². The van der Waals surface area contributed by atoms with Crippen LogP contribution in [0, 0.1) is 0 Å². The Morgan fingerprint density at radius 3 is 2.53 bits per heavy atom. The minimum atomic E-state index is 0.0372. The first kappa shape index (κ1) is 10.2. The molecule has 2 rings (SSSR count). The van der Waals surface area contributed by atoms with Crippen LogP contribution in [0.1, 0.15) is 12.0 Å². The van der Waals surface area contributed by atoms with Gasteiger partial charge in [-0.05, 0) is 29.8 Å². The lowest BCUT2D eigenvalue weighted by molar-refractivity contribution is -0.113. The number of benzene rings is 1. The maximum Gasteiger partial charge on any atom is 0.167 e. The molecule has 1 aromatic rings. The molecule has 0 unspecified atom stereocenters. The minimum Gasteiger partial charge on any atom is -0.508 e. The number of hydrogen-bond acceptors (Lipinski definition) is 2. The number of allylic oxidation sites excluding steroid dienone is 3. The molecule has 0 bridgehead atoms. The molecule has 2 nitrogen and oxygen atoms in total. The molecule has 0 spiro atoms. The first-order valence-corrected chi connectivity index (χ1v) is 5.36. The van der Waals surface area contributed by atoms with E-state index >= 15 is 0 Å². The van der Waals surface area contributed by atoms with E-state index in [9.17, 15) is 9.90 Å². The Balaban J connectivity index is 2.42. The van der Waals surface area contributed by atoms with E-state index in [2.05, 4.69) is 15.9 Å². The summed E-state index contributed by atoms with van der Waals surface area (Å²) in [6, 6.07) is 7.45. The molecule has 0 saturated heterocycles. The van der Waals surface area contributed by atoms with Crippen LogP contribution in [0.15, 0.2) is 46.6 Å². The van der Waals surface area contributed by atoms with Gasteiger partial charge in [-0.3, -0.25) is 4.79 Å². The van der Waals surface area contributed by atoms with Crippen LogP contribution >= 0.6 is 15.9 Å². The zero-order chi connectivity index (χ0) is 10.8. The lowest BCUT2D eigenvalue weighted by Gasteiger charge is -2.09. The molecule has 15 heavy (non-hydrogen) atoms. The molecule has 0 heterocycles. The quantitative estimate of drug-likeness (QED) is 0.846. The Labute approximate surface area is 96.1 Å². The second-order valence-electron chi connectivity index (χ2n) is 3.32. The molecule has 0 amide bonds. The van der Waals surface area contributed by atoms with Gasteiger partial charge in [0.2, 0.25) is 0 Å². The molecule has 76 valence electrons. The highest BCUT2D eigenvalue weighted by molar-refractivity contribution is 9.10. The number of Topliss-reactive ketones (excluding diaryl/α,β-unsaturated/α-hetero) is 1. The maximum absolute atomic E-state index is 11.6. The third-order valence-electron chi connectivity index (χ3n) is 2.24. The van der Waals surface area contributed by atoms with Crippen molar-refractivity contribution in [1.82, 2.24) is 0 Å². The van der Waals surface area contributed by atoms with E-state index in [0.29, 0.717) is 5.57 Å². The molecule has 3 heteroatoms. The van der Waals surface area contributed by atoms with E-state index < -0.39 is 0 Å². The van der Waals surface area contributed by atoms with Gasteiger partial charge in [0.1, 0.15) is 5.76 Å². The third-order valence-corrected chi connectivity index (χ3v) is 2.77. The zero-order valence-electron chi connectivity index (χ0n) is 7.90. The number of ketones is 1. The summed E-state index contributed by atoms with van der Waals surface area (Å²) in [4.78, 5) is 11.6. The van der Waals surface area contributed by atoms with Gasteiger partial charge >= 0.3 is 0 Å². The molecular weight excluding hydrogens is 256 g/mol. The van der Waals surface area contributed by atoms with E-state index in [1.54, 1.807) is 0 Å². The number of aliphatic hydroxyl groups excluding tert-OH is 1. The van der Waals surface area contributed by atoms with Crippen molar-refractivity contribution < 1.29 is 9.90 Å². The monoisotopic (exact) mass is 264 g/mol. The van der Waals surface area contributed by atoms with Crippen LogP contribution in [0.25, 0.3) is 5.57 Å². The lowest BCUT2D eigenvalue weighted by atomic mass is 9.95. The summed E-state index contributed by atoms with van der Waals surface area (Å²) in [5.74, 6) is 0.197. The van der Waals surface area contributed by atoms with Gasteiger partial charge in [0.05, 0.1) is 0 Å². The molecule has 0 aliphatic heterocycles. The first-order valence-electron chi connectivity index (χ1n) is 4.57. The van der Waals surface area contributed by atoms with Crippen LogP contribution < -0.4 is 0 Å². The molecule has 1 aliphatic rings. The van der Waals surface area contributed by atoms with Crippen molar-refractivity contribution in [2.75, 3.05) is 0 Å². The lowest BCUT2D eigenvalue weighted by Crippen LogP contribution is -2.05. The predicted molar refractivity (Wildman–Crippen MR) is 62.5 cm³/mol. The normalized spacial score (nSPS) is 15.9. The van der Waals surface area contributed by atoms with Crippen LogP contribution in [-0.4, -0.2) is 10.9 Å². The SMILES string of the molecule is O=C1CC=C(O)C=C1c1ccc(Br)cc1. The fourth-order valence-corrected chi connectivity index (χ4v) is 1.73. The van der Waals surface area contributed by atoms with Gasteiger partial charge < -0.3 is 5.11 Å². The molecule has 1 aromatic carbocycles. The highest BCUT2D eigenvalue weighted by atomic mass is 79.9. The maximum atomic E-state index is 11.6. The van der Waals surface area contributed by atoms with E-state index in [1.165, 1.54) is 12.2 Å². The van der Waals surface area contributed by atoms with Crippen molar-refractivity contribution in [3.8, 4) is 0 Å². The summed E-state index contributed by atoms with van der Waals surface area (Å²) in [6.07, 6.45) is 3.30. The number of aliphatic hydroxyl groups is 1. The van der Waals surface area contributed by atoms with Crippen LogP contribution in [0.2, 0.25) is 0 Å². The standard InChI is InChI=1S/C12H9BrO2/c13-9-3-1-8(2-4-9)11-7-10(14)5-6-12(11)15/h1-5,7,14H,6H2. The highest BCUT2D eigenvalue weighted by Crippen LogP contribution is 2.24. The second kappa shape index (κ2) is 4.03. The van der Waals surface area contributed by atoms with Gasteiger partial charge in [-0.15, -0.1) is 0 Å². The second-order valence-corrected chi connectivity index (χ2v) is 4.24. The number of rotatable bonds is 1. The Hall–Kier alpha value is -1.35. The van der Waals surface area contributed by atoms with E-state index in [0.717, 1.165) is 10.0 Å². The molecule has 0 radical (unpaired) electrons. The summed E-state index contributed by atoms with van der Waals surface area (Å²) in [6.45, 7) is 0. The van der Waals surface area contributed by atoms with E-state index in [1.807, 2.05) is 24.3 Å². The Kier molecular flexibility index (Phi) is 2.73. The van der Waals surface area contributed by atoms with Crippen molar-refractivity contribution in [2.24, 2.45) is 0 Å². The molecule has 0 saturated carbocycles. The van der Waals surface area contributed by atoms with Gasteiger partial charge in [-0.2, -0.15) is 0 Å². The van der Waals surface area contributed by atoms with Gasteiger partial charge in [-0.1, -0.05) is 28.1 Å². The Bertz CT molecular complexity index is 455. The van der Waals surface area contributed by atoms with Gasteiger partial charge in [-0.25, -0.2) is 0 Å². The average Bonchev–Trinajstić information content (AvgIpc) is 2.23. The fourth-order valence-electron chi connectivity index (χ4n) is 1.47. The average molecular weight is 265 g/mol. The summed E-state index contributed by atoms with van der Waals surface area (Å²) in [5.41, 5.74) is 1.41. The largest absolute Gasteiger partial charge is 0.508 e. The molecule has 1 N–H and O–H groups in total. The zero-order valence-corrected chi connectivity index (χ0v) is 9.49. The predicted octanol–water partition coefficient (Wildman–Crippen LogP) is 3.25. The first-order chi connectivity index (χ1) is 7.16. The van der Waals surface area contributed by atoms with Gasteiger partial charge in [0.15, 0.2) is 5.78 Å². The van der Waals surface area contributed by atoms with Crippen LogP contribution in [0.5, 0.6) is 0 Å². The molecular formula is C12H9BrO2. The number of halogens is 1. The minimum absolute atomic E-state index is 0.0372. The molecule has 1 aliphatic carbocycles. The van der Waals surface area contributed by atoms with Crippen LogP contribution in [0.4, 0.5) is 0 Å². The smallest absolute Gasteiger partial charge is 0.167 e. The molecule has 0 fully saturated rings. The van der Waals surface area contributed by atoms with Gasteiger partial charge in [0, 0.05) is 16.5 Å². The van der Waals surface area contributed by atoms with Crippen molar-refractivity contribution in [2.45, 2.75) is 6.42 Å². The topological polar surface area (TPSA) is 37.3 Å². The van der Waals surface area contributed by atoms with Gasteiger partial charge in [0.25, 0.3) is 0 Å². The summed E-state index contributed by atoms with van der Waals surface area (Å²) >= 11 is 3.33. The van der Waals surface area contributed by atoms with Crippen molar-refractivity contribution in [1.29, 1.82) is 0 Å².